The zero-order chi connectivity index (χ0) is 19.1. The number of rotatable bonds is 4. The topological polar surface area (TPSA) is 89.3 Å². The van der Waals surface area contributed by atoms with Crippen molar-refractivity contribution in [1.29, 1.82) is 0 Å². The summed E-state index contributed by atoms with van der Waals surface area (Å²) in [6, 6.07) is 4.83. The first-order chi connectivity index (χ1) is 12.2. The average molecular weight is 416 g/mol. The summed E-state index contributed by atoms with van der Waals surface area (Å²) in [5.74, 6) is -0.336. The van der Waals surface area contributed by atoms with E-state index in [0.717, 1.165) is 16.5 Å². The van der Waals surface area contributed by atoms with E-state index in [2.05, 4.69) is 5.10 Å². The molecule has 0 amide bonds. The fraction of sp³-hybridized carbons (Fsp3) is 0.312. The quantitative estimate of drug-likeness (QED) is 0.713. The predicted octanol–water partition coefficient (Wildman–Crippen LogP) is 2.15. The Kier molecular flexibility index (Phi) is 5.09. The Hall–Kier alpha value is -1.90. The zero-order valence-electron chi connectivity index (χ0n) is 13.8. The summed E-state index contributed by atoms with van der Waals surface area (Å²) >= 11 is 11.5. The minimum atomic E-state index is -3.37. The number of fused-ring (bicyclic) bond motifs is 1. The first-order valence-corrected chi connectivity index (χ1v) is 10.3. The molecule has 1 aromatic heterocycles. The summed E-state index contributed by atoms with van der Waals surface area (Å²) < 4.78 is 26.1. The molecule has 7 nitrogen and oxygen atoms in total. The summed E-state index contributed by atoms with van der Waals surface area (Å²) in [6.45, 7) is 0.131. The SMILES string of the molecule is CS(=O)(=O)N1CCCc2cc(C(=O)Cn3ncc(Cl)c(Cl)c3=O)ccc21. The number of hydrogen-bond donors (Lipinski definition) is 0. The number of anilines is 1. The second-order valence-corrected chi connectivity index (χ2v) is 8.67. The van der Waals surface area contributed by atoms with E-state index in [1.165, 1.54) is 10.5 Å². The van der Waals surface area contributed by atoms with Crippen LogP contribution in [0.1, 0.15) is 22.3 Å². The number of carbonyl (C=O) groups excluding carboxylic acids is 1. The van der Waals surface area contributed by atoms with Crippen molar-refractivity contribution < 1.29 is 13.2 Å². The van der Waals surface area contributed by atoms with Crippen molar-refractivity contribution in [3.05, 3.63) is 55.9 Å². The molecule has 0 spiro atoms. The maximum absolute atomic E-state index is 12.5. The number of sulfonamides is 1. The Morgan fingerprint density at radius 2 is 2.04 bits per heavy atom. The van der Waals surface area contributed by atoms with Crippen LogP contribution >= 0.6 is 23.2 Å². The molecule has 0 fully saturated rings. The molecule has 0 saturated carbocycles. The number of carbonyl (C=O) groups is 1. The van der Waals surface area contributed by atoms with Gasteiger partial charge < -0.3 is 0 Å². The van der Waals surface area contributed by atoms with Crippen molar-refractivity contribution in [2.75, 3.05) is 17.1 Å². The highest BCUT2D eigenvalue weighted by Gasteiger charge is 2.25. The molecular weight excluding hydrogens is 401 g/mol. The van der Waals surface area contributed by atoms with Crippen LogP contribution in [0.5, 0.6) is 0 Å². The molecular formula is C16H15Cl2N3O4S. The Morgan fingerprint density at radius 1 is 1.31 bits per heavy atom. The van der Waals surface area contributed by atoms with Gasteiger partial charge in [0.05, 0.1) is 23.2 Å². The number of hydrogen-bond acceptors (Lipinski definition) is 5. The Balaban J connectivity index is 1.90. The third kappa shape index (κ3) is 3.62. The first-order valence-electron chi connectivity index (χ1n) is 7.73. The van der Waals surface area contributed by atoms with Crippen LogP contribution < -0.4 is 9.86 Å². The van der Waals surface area contributed by atoms with Crippen molar-refractivity contribution in [3.63, 3.8) is 0 Å². The lowest BCUT2D eigenvalue weighted by Gasteiger charge is -2.29. The highest BCUT2D eigenvalue weighted by atomic mass is 35.5. The van der Waals surface area contributed by atoms with Gasteiger partial charge in [-0.1, -0.05) is 23.2 Å². The van der Waals surface area contributed by atoms with Crippen LogP contribution in [0.2, 0.25) is 10.0 Å². The van der Waals surface area contributed by atoms with Crippen LogP contribution in [0, 0.1) is 0 Å². The van der Waals surface area contributed by atoms with E-state index in [0.29, 0.717) is 30.6 Å². The third-order valence-electron chi connectivity index (χ3n) is 4.11. The molecule has 0 N–H and O–H groups in total. The highest BCUT2D eigenvalue weighted by molar-refractivity contribution is 7.92. The van der Waals surface area contributed by atoms with Crippen LogP contribution in [0.3, 0.4) is 0 Å². The van der Waals surface area contributed by atoms with Gasteiger partial charge >= 0.3 is 0 Å². The van der Waals surface area contributed by atoms with E-state index in [1.54, 1.807) is 18.2 Å². The molecule has 3 rings (SSSR count). The molecule has 0 radical (unpaired) electrons. The summed E-state index contributed by atoms with van der Waals surface area (Å²) in [4.78, 5) is 24.5. The largest absolute Gasteiger partial charge is 0.292 e. The van der Waals surface area contributed by atoms with Crippen LogP contribution in [0.15, 0.2) is 29.2 Å². The average Bonchev–Trinajstić information content (AvgIpc) is 2.60. The molecule has 138 valence electrons. The zero-order valence-corrected chi connectivity index (χ0v) is 16.1. The number of halogens is 2. The van der Waals surface area contributed by atoms with Gasteiger partial charge in [0, 0.05) is 12.1 Å². The normalized spacial score (nSPS) is 14.2. The van der Waals surface area contributed by atoms with E-state index in [9.17, 15) is 18.0 Å². The maximum Gasteiger partial charge on any atom is 0.287 e. The molecule has 0 unspecified atom stereocenters. The van der Waals surface area contributed by atoms with Gasteiger partial charge in [0.2, 0.25) is 10.0 Å². The second-order valence-electron chi connectivity index (χ2n) is 5.97. The van der Waals surface area contributed by atoms with Crippen LogP contribution in [0.4, 0.5) is 5.69 Å². The third-order valence-corrected chi connectivity index (χ3v) is 6.04. The lowest BCUT2D eigenvalue weighted by Crippen LogP contribution is -2.34. The summed E-state index contributed by atoms with van der Waals surface area (Å²) in [6.07, 6.45) is 3.71. The number of Topliss-reactive ketones (excluding diaryl/α,β-unsaturated/α-hetero) is 1. The Morgan fingerprint density at radius 3 is 2.73 bits per heavy atom. The summed E-state index contributed by atoms with van der Waals surface area (Å²) in [5.41, 5.74) is 1.09. The molecule has 1 aliphatic heterocycles. The minimum absolute atomic E-state index is 0.0232. The Labute approximate surface area is 160 Å². The molecule has 0 aliphatic carbocycles. The van der Waals surface area contributed by atoms with Crippen molar-refractivity contribution in [2.24, 2.45) is 0 Å². The van der Waals surface area contributed by atoms with Crippen LogP contribution in [-0.2, 0) is 23.0 Å². The van der Waals surface area contributed by atoms with E-state index >= 15 is 0 Å². The van der Waals surface area contributed by atoms with Gasteiger partial charge in [-0.05, 0) is 36.6 Å². The number of nitrogens with zero attached hydrogens (tertiary/aromatic N) is 3. The summed E-state index contributed by atoms with van der Waals surface area (Å²) in [7, 11) is -3.37. The predicted molar refractivity (Wildman–Crippen MR) is 99.8 cm³/mol. The molecule has 0 atom stereocenters. The first kappa shape index (κ1) is 18.9. The standard InChI is InChI=1S/C16H15Cl2N3O4S/c1-26(24,25)21-6-2-3-10-7-11(4-5-13(10)21)14(22)9-20-16(23)15(18)12(17)8-19-20/h4-5,7-8H,2-3,6,9H2,1H3. The molecule has 2 aromatic rings. The molecule has 1 aromatic carbocycles. The number of aromatic nitrogens is 2. The number of benzene rings is 1. The highest BCUT2D eigenvalue weighted by Crippen LogP contribution is 2.30. The fourth-order valence-electron chi connectivity index (χ4n) is 2.87. The van der Waals surface area contributed by atoms with Crippen molar-refractivity contribution in [2.45, 2.75) is 19.4 Å². The van der Waals surface area contributed by atoms with Crippen molar-refractivity contribution >= 4 is 44.7 Å². The van der Waals surface area contributed by atoms with Gasteiger partial charge in [0.25, 0.3) is 5.56 Å². The smallest absolute Gasteiger partial charge is 0.287 e. The van der Waals surface area contributed by atoms with E-state index in [1.807, 2.05) is 0 Å². The molecule has 26 heavy (non-hydrogen) atoms. The van der Waals surface area contributed by atoms with Crippen molar-refractivity contribution in [3.8, 4) is 0 Å². The summed E-state index contributed by atoms with van der Waals surface area (Å²) in [5, 5.41) is 3.65. The van der Waals surface area contributed by atoms with Gasteiger partial charge in [0.15, 0.2) is 5.78 Å². The Bertz CT molecular complexity index is 1050. The lowest BCUT2D eigenvalue weighted by molar-refractivity contribution is 0.0965. The fourth-order valence-corrected chi connectivity index (χ4v) is 4.13. The number of ketones is 1. The van der Waals surface area contributed by atoms with E-state index in [-0.39, 0.29) is 22.4 Å². The van der Waals surface area contributed by atoms with Crippen LogP contribution in [0.25, 0.3) is 0 Å². The maximum atomic E-state index is 12.5. The van der Waals surface area contributed by atoms with E-state index < -0.39 is 15.6 Å². The monoisotopic (exact) mass is 415 g/mol. The second kappa shape index (κ2) is 7.02. The molecule has 2 heterocycles. The molecule has 0 bridgehead atoms. The molecule has 0 saturated heterocycles. The number of aryl methyl sites for hydroxylation is 1. The van der Waals surface area contributed by atoms with Crippen molar-refractivity contribution in [1.82, 2.24) is 9.78 Å². The van der Waals surface area contributed by atoms with E-state index in [4.69, 9.17) is 23.2 Å². The lowest BCUT2D eigenvalue weighted by atomic mass is 9.99. The molecule has 10 heteroatoms. The van der Waals surface area contributed by atoms with Crippen LogP contribution in [-0.4, -0.2) is 36.8 Å². The minimum Gasteiger partial charge on any atom is -0.292 e. The van der Waals surface area contributed by atoms with Gasteiger partial charge in [-0.15, -0.1) is 0 Å². The van der Waals surface area contributed by atoms with Gasteiger partial charge in [-0.25, -0.2) is 13.1 Å². The van der Waals surface area contributed by atoms with Gasteiger partial charge in [0.1, 0.15) is 11.6 Å². The van der Waals surface area contributed by atoms with Gasteiger partial charge in [-0.3, -0.25) is 13.9 Å². The molecule has 1 aliphatic rings. The van der Waals surface area contributed by atoms with Gasteiger partial charge in [-0.2, -0.15) is 5.10 Å².